The van der Waals surface area contributed by atoms with Gasteiger partial charge in [-0.2, -0.15) is 0 Å². The number of amides is 2. The summed E-state index contributed by atoms with van der Waals surface area (Å²) < 4.78 is 5.31. The molecule has 0 saturated carbocycles. The van der Waals surface area contributed by atoms with Crippen molar-refractivity contribution in [2.45, 2.75) is 18.9 Å². The number of hydrogen-bond donors (Lipinski definition) is 3. The van der Waals surface area contributed by atoms with Crippen LogP contribution < -0.4 is 10.6 Å². The third-order valence-electron chi connectivity index (χ3n) is 4.51. The highest BCUT2D eigenvalue weighted by molar-refractivity contribution is 8.00. The summed E-state index contributed by atoms with van der Waals surface area (Å²) in [6.45, 7) is -0.330. The van der Waals surface area contributed by atoms with E-state index in [1.165, 1.54) is 0 Å². The summed E-state index contributed by atoms with van der Waals surface area (Å²) in [4.78, 5) is 58.4. The summed E-state index contributed by atoms with van der Waals surface area (Å²) >= 11 is 1.02. The molecule has 1 atom stereocenters. The van der Waals surface area contributed by atoms with Gasteiger partial charge in [0.1, 0.15) is 6.61 Å². The predicted octanol–water partition coefficient (Wildman–Crippen LogP) is 1.98. The second kappa shape index (κ2) is 14.5. The van der Waals surface area contributed by atoms with Crippen LogP contribution in [-0.4, -0.2) is 59.3 Å². The lowest BCUT2D eigenvalue weighted by molar-refractivity contribution is -0.141. The van der Waals surface area contributed by atoms with Gasteiger partial charge in [-0.15, -0.1) is 11.8 Å². The number of hydrogen-bond acceptors (Lipinski definition) is 7. The summed E-state index contributed by atoms with van der Waals surface area (Å²) in [5.41, 5.74) is 1.26. The number of rotatable bonds is 14. The van der Waals surface area contributed by atoms with Crippen molar-refractivity contribution in [2.24, 2.45) is 0 Å². The number of nitrogens with one attached hydrogen (secondary N) is 2. The maximum absolute atomic E-state index is 12.6. The van der Waals surface area contributed by atoms with Gasteiger partial charge in [0.15, 0.2) is 5.78 Å². The van der Waals surface area contributed by atoms with Crippen LogP contribution in [0.15, 0.2) is 60.7 Å². The number of benzene rings is 2. The van der Waals surface area contributed by atoms with Crippen molar-refractivity contribution >= 4 is 41.3 Å². The number of Topliss-reactive ketones (excluding diaryl/α,β-unsaturated/α-hetero) is 1. The highest BCUT2D eigenvalue weighted by Gasteiger charge is 2.18. The van der Waals surface area contributed by atoms with Crippen molar-refractivity contribution in [3.05, 3.63) is 71.8 Å². The van der Waals surface area contributed by atoms with Crippen LogP contribution in [0.3, 0.4) is 0 Å². The van der Waals surface area contributed by atoms with E-state index in [0.717, 1.165) is 17.3 Å². The van der Waals surface area contributed by atoms with E-state index in [1.807, 2.05) is 36.4 Å². The molecule has 0 bridgehead atoms. The molecule has 180 valence electrons. The first-order chi connectivity index (χ1) is 16.3. The molecule has 0 saturated heterocycles. The van der Waals surface area contributed by atoms with E-state index >= 15 is 0 Å². The Morgan fingerprint density at radius 3 is 2.18 bits per heavy atom. The molecular formula is C24H26N2O7S. The Labute approximate surface area is 201 Å². The highest BCUT2D eigenvalue weighted by Crippen LogP contribution is 2.15. The van der Waals surface area contributed by atoms with Crippen molar-refractivity contribution in [1.82, 2.24) is 10.6 Å². The van der Waals surface area contributed by atoms with E-state index in [2.05, 4.69) is 10.6 Å². The van der Waals surface area contributed by atoms with Gasteiger partial charge >= 0.3 is 11.9 Å². The van der Waals surface area contributed by atoms with Gasteiger partial charge in [-0.1, -0.05) is 48.5 Å². The van der Waals surface area contributed by atoms with Crippen LogP contribution in [0, 0.1) is 0 Å². The number of carbonyl (C=O) groups excluding carboxylic acids is 4. The first kappa shape index (κ1) is 26.6. The van der Waals surface area contributed by atoms with Crippen LogP contribution in [0.1, 0.15) is 34.8 Å². The molecule has 3 N–H and O–H groups in total. The largest absolute Gasteiger partial charge is 0.481 e. The van der Waals surface area contributed by atoms with Crippen LogP contribution in [0.25, 0.3) is 0 Å². The van der Waals surface area contributed by atoms with Crippen molar-refractivity contribution in [3.8, 4) is 0 Å². The molecule has 0 radical (unpaired) electrons. The Morgan fingerprint density at radius 2 is 1.53 bits per heavy atom. The number of carboxylic acid groups (broad SMARTS) is 1. The van der Waals surface area contributed by atoms with E-state index in [0.29, 0.717) is 5.56 Å². The second-order valence-electron chi connectivity index (χ2n) is 7.19. The summed E-state index contributed by atoms with van der Waals surface area (Å²) in [7, 11) is 0. The molecule has 0 heterocycles. The van der Waals surface area contributed by atoms with E-state index in [4.69, 9.17) is 9.84 Å². The molecule has 2 amide bonds. The van der Waals surface area contributed by atoms with Crippen LogP contribution in [-0.2, 0) is 23.9 Å². The molecule has 2 rings (SSSR count). The molecule has 0 fully saturated rings. The topological polar surface area (TPSA) is 139 Å². The Hall–Kier alpha value is -3.66. The molecule has 0 aliphatic heterocycles. The zero-order valence-corrected chi connectivity index (χ0v) is 19.2. The third kappa shape index (κ3) is 10.3. The number of thioether (sulfide) groups is 1. The Morgan fingerprint density at radius 1 is 0.882 bits per heavy atom. The summed E-state index contributed by atoms with van der Waals surface area (Å²) in [6, 6.07) is 17.3. The fourth-order valence-corrected chi connectivity index (χ4v) is 3.41. The maximum Gasteiger partial charge on any atom is 0.315 e. The normalized spacial score (nSPS) is 11.2. The SMILES string of the molecule is O=C(O)CCC(=O)CNC(=O)CSCC(=O)OCC(NC(=O)c1ccccc1)c1ccccc1. The van der Waals surface area contributed by atoms with Gasteiger partial charge in [0.05, 0.1) is 30.5 Å². The molecule has 0 aliphatic rings. The maximum atomic E-state index is 12.6. The van der Waals surface area contributed by atoms with Gasteiger partial charge < -0.3 is 20.5 Å². The van der Waals surface area contributed by atoms with Gasteiger partial charge in [-0.3, -0.25) is 24.0 Å². The Balaban J connectivity index is 1.76. The molecule has 0 spiro atoms. The zero-order chi connectivity index (χ0) is 24.8. The van der Waals surface area contributed by atoms with E-state index in [-0.39, 0.29) is 49.2 Å². The Bertz CT molecular complexity index is 983. The molecule has 10 heteroatoms. The fourth-order valence-electron chi connectivity index (χ4n) is 2.77. The molecule has 0 aliphatic carbocycles. The van der Waals surface area contributed by atoms with Crippen LogP contribution in [0.5, 0.6) is 0 Å². The van der Waals surface area contributed by atoms with Crippen molar-refractivity contribution in [2.75, 3.05) is 24.7 Å². The van der Waals surface area contributed by atoms with Crippen molar-refractivity contribution in [1.29, 1.82) is 0 Å². The minimum absolute atomic E-state index is 0.0613. The number of carbonyl (C=O) groups is 5. The molecule has 1 unspecified atom stereocenters. The van der Waals surface area contributed by atoms with Crippen LogP contribution in [0.4, 0.5) is 0 Å². The van der Waals surface area contributed by atoms with Crippen molar-refractivity contribution in [3.63, 3.8) is 0 Å². The average Bonchev–Trinajstić information content (AvgIpc) is 2.84. The lowest BCUT2D eigenvalue weighted by Gasteiger charge is -2.19. The van der Waals surface area contributed by atoms with E-state index in [1.54, 1.807) is 24.3 Å². The zero-order valence-electron chi connectivity index (χ0n) is 18.4. The molecule has 0 aromatic heterocycles. The van der Waals surface area contributed by atoms with Crippen LogP contribution >= 0.6 is 11.8 Å². The minimum atomic E-state index is -1.08. The minimum Gasteiger partial charge on any atom is -0.481 e. The first-order valence-electron chi connectivity index (χ1n) is 10.5. The van der Waals surface area contributed by atoms with Gasteiger partial charge in [0.25, 0.3) is 5.91 Å². The van der Waals surface area contributed by atoms with E-state index in [9.17, 15) is 24.0 Å². The predicted molar refractivity (Wildman–Crippen MR) is 126 cm³/mol. The summed E-state index contributed by atoms with van der Waals surface area (Å²) in [6.07, 6.45) is -0.441. The smallest absolute Gasteiger partial charge is 0.315 e. The number of carboxylic acids is 1. The molecule has 34 heavy (non-hydrogen) atoms. The van der Waals surface area contributed by atoms with Gasteiger partial charge in [-0.05, 0) is 17.7 Å². The molecule has 2 aromatic rings. The quantitative estimate of drug-likeness (QED) is 0.345. The van der Waals surface area contributed by atoms with E-state index < -0.39 is 23.9 Å². The number of esters is 1. The summed E-state index contributed by atoms with van der Waals surface area (Å²) in [5, 5.41) is 13.8. The van der Waals surface area contributed by atoms with Gasteiger partial charge in [0.2, 0.25) is 5.91 Å². The fraction of sp³-hybridized carbons (Fsp3) is 0.292. The third-order valence-corrected chi connectivity index (χ3v) is 5.41. The standard InChI is InChI=1S/C24H26N2O7S/c27-19(11-12-22(29)30)13-25-21(28)15-34-16-23(31)33-14-20(17-7-3-1-4-8-17)26-24(32)18-9-5-2-6-10-18/h1-10,20H,11-16H2,(H,25,28)(H,26,32)(H,29,30). The Kier molecular flexibility index (Phi) is 11.3. The van der Waals surface area contributed by atoms with Gasteiger partial charge in [-0.25, -0.2) is 0 Å². The number of ketones is 1. The van der Waals surface area contributed by atoms with Crippen LogP contribution in [0.2, 0.25) is 0 Å². The number of ether oxygens (including phenoxy) is 1. The molecule has 2 aromatic carbocycles. The molecule has 9 nitrogen and oxygen atoms in total. The lowest BCUT2D eigenvalue weighted by atomic mass is 10.1. The second-order valence-corrected chi connectivity index (χ2v) is 8.17. The summed E-state index contributed by atoms with van der Waals surface area (Å²) in [5.74, 6) is -2.91. The molecular weight excluding hydrogens is 460 g/mol. The van der Waals surface area contributed by atoms with Crippen molar-refractivity contribution < 1.29 is 33.8 Å². The lowest BCUT2D eigenvalue weighted by Crippen LogP contribution is -2.33. The van der Waals surface area contributed by atoms with Gasteiger partial charge in [0, 0.05) is 12.0 Å². The first-order valence-corrected chi connectivity index (χ1v) is 11.6. The average molecular weight is 487 g/mol. The number of aliphatic carboxylic acids is 1. The highest BCUT2D eigenvalue weighted by atomic mass is 32.2. The monoisotopic (exact) mass is 486 g/mol.